The summed E-state index contributed by atoms with van der Waals surface area (Å²) in [5.41, 5.74) is 5.68. The molecule has 0 aromatic carbocycles. The van der Waals surface area contributed by atoms with Crippen LogP contribution in [0.3, 0.4) is 0 Å². The molecule has 1 aliphatic rings. The zero-order chi connectivity index (χ0) is 21.6. The van der Waals surface area contributed by atoms with Crippen LogP contribution in [0.5, 0.6) is 0 Å². The molecule has 1 aliphatic heterocycles. The quantitative estimate of drug-likeness (QED) is 0.244. The van der Waals surface area contributed by atoms with E-state index in [1.165, 1.54) is 11.8 Å². The summed E-state index contributed by atoms with van der Waals surface area (Å²) in [6.07, 6.45) is -0.0751. The summed E-state index contributed by atoms with van der Waals surface area (Å²) in [6, 6.07) is -4.10. The van der Waals surface area contributed by atoms with Gasteiger partial charge in [0.15, 0.2) is 0 Å². The zero-order valence-electron chi connectivity index (χ0n) is 16.3. The van der Waals surface area contributed by atoms with Gasteiger partial charge in [0.1, 0.15) is 24.2 Å². The van der Waals surface area contributed by atoms with Crippen LogP contribution < -0.4 is 16.4 Å². The van der Waals surface area contributed by atoms with Crippen molar-refractivity contribution in [3.8, 4) is 0 Å². The third-order valence-electron chi connectivity index (χ3n) is 4.69. The molecule has 0 spiro atoms. The number of rotatable bonds is 9. The van der Waals surface area contributed by atoms with E-state index in [4.69, 9.17) is 5.73 Å². The molecule has 28 heavy (non-hydrogen) atoms. The highest BCUT2D eigenvalue weighted by Gasteiger charge is 2.38. The number of likely N-dealkylation sites (tertiary alicyclic amines) is 1. The second-order valence-corrected chi connectivity index (χ2v) is 7.63. The van der Waals surface area contributed by atoms with Gasteiger partial charge in [0.2, 0.25) is 17.7 Å². The summed E-state index contributed by atoms with van der Waals surface area (Å²) in [6.45, 7) is 5.02. The van der Waals surface area contributed by atoms with Crippen molar-refractivity contribution in [1.29, 1.82) is 0 Å². The van der Waals surface area contributed by atoms with E-state index in [9.17, 15) is 29.4 Å². The lowest BCUT2D eigenvalue weighted by Crippen LogP contribution is -2.58. The largest absolute Gasteiger partial charge is 0.480 e. The molecular formula is C17H30N4O6S. The van der Waals surface area contributed by atoms with Gasteiger partial charge in [-0.25, -0.2) is 4.79 Å². The van der Waals surface area contributed by atoms with Gasteiger partial charge in [-0.1, -0.05) is 13.8 Å². The normalized spacial score (nSPS) is 21.0. The summed E-state index contributed by atoms with van der Waals surface area (Å²) in [4.78, 5) is 50.0. The van der Waals surface area contributed by atoms with Gasteiger partial charge >= 0.3 is 5.97 Å². The van der Waals surface area contributed by atoms with Gasteiger partial charge in [0.25, 0.3) is 0 Å². The molecule has 5 atom stereocenters. The fourth-order valence-electron chi connectivity index (χ4n) is 2.93. The Balaban J connectivity index is 2.80. The highest BCUT2D eigenvalue weighted by Crippen LogP contribution is 2.19. The first-order valence-electron chi connectivity index (χ1n) is 9.19. The lowest BCUT2D eigenvalue weighted by molar-refractivity contribution is -0.144. The maximum Gasteiger partial charge on any atom is 0.326 e. The number of amides is 3. The number of nitrogens with one attached hydrogen (secondary N) is 2. The van der Waals surface area contributed by atoms with E-state index in [-0.39, 0.29) is 11.7 Å². The van der Waals surface area contributed by atoms with Crippen LogP contribution in [0.1, 0.15) is 33.6 Å². The van der Waals surface area contributed by atoms with E-state index < -0.39 is 54.0 Å². The fourth-order valence-corrected chi connectivity index (χ4v) is 3.19. The van der Waals surface area contributed by atoms with E-state index in [0.29, 0.717) is 19.4 Å². The third-order valence-corrected chi connectivity index (χ3v) is 5.05. The summed E-state index contributed by atoms with van der Waals surface area (Å²) < 4.78 is 0. The lowest BCUT2D eigenvalue weighted by atomic mass is 10.0. The van der Waals surface area contributed by atoms with Crippen molar-refractivity contribution in [3.63, 3.8) is 0 Å². The number of carboxylic acids is 1. The number of aliphatic hydroxyl groups is 1. The number of carbonyl (C=O) groups is 4. The number of hydrogen-bond acceptors (Lipinski definition) is 7. The molecule has 0 radical (unpaired) electrons. The van der Waals surface area contributed by atoms with Crippen molar-refractivity contribution in [1.82, 2.24) is 15.5 Å². The lowest BCUT2D eigenvalue weighted by Gasteiger charge is -2.29. The van der Waals surface area contributed by atoms with Crippen LogP contribution in [0.4, 0.5) is 0 Å². The summed E-state index contributed by atoms with van der Waals surface area (Å²) in [5.74, 6) is -3.31. The van der Waals surface area contributed by atoms with Crippen LogP contribution in [-0.2, 0) is 19.2 Å². The topological polar surface area (TPSA) is 162 Å². The van der Waals surface area contributed by atoms with E-state index in [2.05, 4.69) is 23.3 Å². The molecular weight excluding hydrogens is 388 g/mol. The van der Waals surface area contributed by atoms with Gasteiger partial charge in [-0.2, -0.15) is 12.6 Å². The van der Waals surface area contributed by atoms with Crippen molar-refractivity contribution >= 4 is 36.3 Å². The Morgan fingerprint density at radius 1 is 1.21 bits per heavy atom. The number of carboxylic acid groups (broad SMARTS) is 1. The minimum atomic E-state index is -1.17. The van der Waals surface area contributed by atoms with Crippen molar-refractivity contribution < 1.29 is 29.4 Å². The van der Waals surface area contributed by atoms with Crippen LogP contribution in [0, 0.1) is 5.92 Å². The van der Waals surface area contributed by atoms with Crippen molar-refractivity contribution in [3.05, 3.63) is 0 Å². The fraction of sp³-hybridized carbons (Fsp3) is 0.765. The molecule has 10 nitrogen and oxygen atoms in total. The molecule has 1 fully saturated rings. The van der Waals surface area contributed by atoms with Crippen LogP contribution in [0.15, 0.2) is 0 Å². The standard InChI is InChI=1S/C17H30N4O6S/c1-8(2)13(17(26)27)20-14(23)10(7-28)19-15(24)11-5-4-6-21(11)16(25)12(18)9(3)22/h8-13,22,28H,4-7,18H2,1-3H3,(H,19,24)(H,20,23)(H,26,27). The van der Waals surface area contributed by atoms with E-state index in [1.54, 1.807) is 13.8 Å². The molecule has 1 heterocycles. The highest BCUT2D eigenvalue weighted by molar-refractivity contribution is 7.80. The Morgan fingerprint density at radius 2 is 1.82 bits per heavy atom. The Labute approximate surface area is 169 Å². The molecule has 160 valence electrons. The van der Waals surface area contributed by atoms with Gasteiger partial charge in [0.05, 0.1) is 6.10 Å². The van der Waals surface area contributed by atoms with Crippen LogP contribution >= 0.6 is 12.6 Å². The number of carbonyl (C=O) groups excluding carboxylic acids is 3. The van der Waals surface area contributed by atoms with Crippen molar-refractivity contribution in [2.24, 2.45) is 11.7 Å². The average molecular weight is 419 g/mol. The number of aliphatic carboxylic acids is 1. The van der Waals surface area contributed by atoms with E-state index in [1.807, 2.05) is 0 Å². The molecule has 0 saturated carbocycles. The van der Waals surface area contributed by atoms with Gasteiger partial charge in [-0.15, -0.1) is 0 Å². The Kier molecular flexibility index (Phi) is 9.18. The molecule has 1 saturated heterocycles. The van der Waals surface area contributed by atoms with Gasteiger partial charge in [-0.05, 0) is 25.7 Å². The second-order valence-electron chi connectivity index (χ2n) is 7.27. The smallest absolute Gasteiger partial charge is 0.326 e. The Morgan fingerprint density at radius 3 is 2.29 bits per heavy atom. The molecule has 3 amide bonds. The predicted octanol–water partition coefficient (Wildman–Crippen LogP) is -1.67. The second kappa shape index (κ2) is 10.6. The first kappa shape index (κ1) is 24.2. The van der Waals surface area contributed by atoms with Crippen LogP contribution in [0.25, 0.3) is 0 Å². The first-order valence-corrected chi connectivity index (χ1v) is 9.83. The molecule has 0 aromatic heterocycles. The maximum atomic E-state index is 12.6. The summed E-state index contributed by atoms with van der Waals surface area (Å²) in [7, 11) is 0. The molecule has 0 bridgehead atoms. The van der Waals surface area contributed by atoms with Crippen molar-refractivity contribution in [2.45, 2.75) is 63.9 Å². The van der Waals surface area contributed by atoms with Gasteiger partial charge < -0.3 is 31.5 Å². The molecule has 1 rings (SSSR count). The molecule has 0 aliphatic carbocycles. The number of nitrogens with two attached hydrogens (primary N) is 1. The van der Waals surface area contributed by atoms with Crippen LogP contribution in [-0.4, -0.2) is 81.4 Å². The maximum absolute atomic E-state index is 12.6. The zero-order valence-corrected chi connectivity index (χ0v) is 17.2. The van der Waals surface area contributed by atoms with Gasteiger partial charge in [-0.3, -0.25) is 14.4 Å². The number of aliphatic hydroxyl groups excluding tert-OH is 1. The average Bonchev–Trinajstić information content (AvgIpc) is 3.11. The van der Waals surface area contributed by atoms with E-state index in [0.717, 1.165) is 0 Å². The van der Waals surface area contributed by atoms with Gasteiger partial charge in [0, 0.05) is 12.3 Å². The predicted molar refractivity (Wildman–Crippen MR) is 105 cm³/mol. The Hall–Kier alpha value is -1.85. The van der Waals surface area contributed by atoms with E-state index >= 15 is 0 Å². The number of nitrogens with zero attached hydrogens (tertiary/aromatic N) is 1. The molecule has 11 heteroatoms. The molecule has 0 aromatic rings. The summed E-state index contributed by atoms with van der Waals surface area (Å²) in [5, 5.41) is 23.6. The third kappa shape index (κ3) is 6.08. The van der Waals surface area contributed by atoms with Crippen molar-refractivity contribution in [2.75, 3.05) is 12.3 Å². The Bertz CT molecular complexity index is 600. The molecule has 5 unspecified atom stereocenters. The monoisotopic (exact) mass is 418 g/mol. The SMILES string of the molecule is CC(C)C(NC(=O)C(CS)NC(=O)C1CCCN1C(=O)C(N)C(C)O)C(=O)O. The summed E-state index contributed by atoms with van der Waals surface area (Å²) >= 11 is 4.06. The number of thiol groups is 1. The highest BCUT2D eigenvalue weighted by atomic mass is 32.1. The minimum Gasteiger partial charge on any atom is -0.480 e. The molecule has 6 N–H and O–H groups in total. The minimum absolute atomic E-state index is 0.0458. The first-order chi connectivity index (χ1) is 13.0. The van der Waals surface area contributed by atoms with Crippen LogP contribution in [0.2, 0.25) is 0 Å². The number of hydrogen-bond donors (Lipinski definition) is 6.